The van der Waals surface area contributed by atoms with Gasteiger partial charge in [-0.25, -0.2) is 0 Å². The molecule has 0 unspecified atom stereocenters. The molecule has 0 aromatic heterocycles. The third kappa shape index (κ3) is 10.7. The molecule has 0 aromatic rings. The van der Waals surface area contributed by atoms with Crippen molar-refractivity contribution in [1.29, 1.82) is 0 Å². The number of ether oxygens (including phenoxy) is 1. The first-order valence-electron chi connectivity index (χ1n) is 1.66. The Balaban J connectivity index is 0. The molecular weight excluding hydrogens is 112 g/mol. The Kier molecular flexibility index (Phi) is 13.5. The number of hydrogen-bond acceptors (Lipinski definition) is 1. The number of methoxy groups -OCH3 is 1. The summed E-state index contributed by atoms with van der Waals surface area (Å²) in [4.78, 5) is 0. The summed E-state index contributed by atoms with van der Waals surface area (Å²) in [6.07, 6.45) is 1.72. The monoisotopic (exact) mass is 122 g/mol. The molecule has 0 spiro atoms. The molecule has 0 aromatic carbocycles. The van der Waals surface area contributed by atoms with Crippen LogP contribution in [-0.4, -0.2) is 13.7 Å². The Morgan fingerprint density at radius 2 is 2.29 bits per heavy atom. The number of rotatable bonds is 2. The highest BCUT2D eigenvalue weighted by Gasteiger charge is 1.63. The summed E-state index contributed by atoms with van der Waals surface area (Å²) in [7, 11) is 1.62. The van der Waals surface area contributed by atoms with E-state index < -0.39 is 0 Å². The highest BCUT2D eigenvalue weighted by molar-refractivity contribution is 6.25. The average molecular weight is 123 g/mol. The summed E-state index contributed by atoms with van der Waals surface area (Å²) in [6.45, 7) is 0.601. The second kappa shape index (κ2) is 9.37. The van der Waals surface area contributed by atoms with Crippen molar-refractivity contribution in [2.24, 2.45) is 0 Å². The molecule has 1 nitrogen and oxygen atoms in total. The van der Waals surface area contributed by atoms with Crippen LogP contribution in [0.5, 0.6) is 0 Å². The van der Waals surface area contributed by atoms with Crippen LogP contribution in [0.25, 0.3) is 0 Å². The lowest BCUT2D eigenvalue weighted by Crippen LogP contribution is -1.77. The molecule has 2 heteroatoms. The first-order chi connectivity index (χ1) is 2.91. The zero-order valence-electron chi connectivity index (χ0n) is 3.65. The van der Waals surface area contributed by atoms with Gasteiger partial charge in [0.2, 0.25) is 0 Å². The summed E-state index contributed by atoms with van der Waals surface area (Å²) in [6, 6.07) is 0. The summed E-state index contributed by atoms with van der Waals surface area (Å²) < 4.78 is 4.61. The van der Waals surface area contributed by atoms with Gasteiger partial charge in [0.15, 0.2) is 0 Å². The molecule has 0 heterocycles. The standard InChI is InChI=1S/C4H7ClO.CH4/c1-6-4-2-3-5;/h2-3H,4H2,1H3;1H4/b3-2+;. The van der Waals surface area contributed by atoms with Crippen molar-refractivity contribution in [2.45, 2.75) is 7.43 Å². The van der Waals surface area contributed by atoms with Gasteiger partial charge in [-0.1, -0.05) is 19.0 Å². The quantitative estimate of drug-likeness (QED) is 0.545. The number of hydrogen-bond donors (Lipinski definition) is 0. The zero-order valence-corrected chi connectivity index (χ0v) is 4.40. The topological polar surface area (TPSA) is 9.23 Å². The minimum atomic E-state index is 0. The van der Waals surface area contributed by atoms with E-state index >= 15 is 0 Å². The van der Waals surface area contributed by atoms with Crippen molar-refractivity contribution in [3.05, 3.63) is 11.6 Å². The molecule has 7 heavy (non-hydrogen) atoms. The van der Waals surface area contributed by atoms with E-state index in [9.17, 15) is 0 Å². The predicted octanol–water partition coefficient (Wildman–Crippen LogP) is 2.02. The molecule has 0 aliphatic heterocycles. The summed E-state index contributed by atoms with van der Waals surface area (Å²) in [5.74, 6) is 0. The van der Waals surface area contributed by atoms with Crippen molar-refractivity contribution in [3.8, 4) is 0 Å². The van der Waals surface area contributed by atoms with E-state index in [-0.39, 0.29) is 7.43 Å². The maximum Gasteiger partial charge on any atom is 0.0655 e. The second-order valence-electron chi connectivity index (χ2n) is 0.817. The predicted molar refractivity (Wildman–Crippen MR) is 33.6 cm³/mol. The van der Waals surface area contributed by atoms with Crippen molar-refractivity contribution in [1.82, 2.24) is 0 Å². The van der Waals surface area contributed by atoms with Gasteiger partial charge >= 0.3 is 0 Å². The summed E-state index contributed by atoms with van der Waals surface area (Å²) in [5.41, 5.74) is 1.43. The second-order valence-corrected chi connectivity index (χ2v) is 1.07. The molecule has 0 aliphatic rings. The molecule has 0 radical (unpaired) electrons. The van der Waals surface area contributed by atoms with Crippen molar-refractivity contribution < 1.29 is 4.74 Å². The smallest absolute Gasteiger partial charge is 0.0655 e. The van der Waals surface area contributed by atoms with Crippen molar-refractivity contribution in [2.75, 3.05) is 13.7 Å². The molecule has 0 aliphatic carbocycles. The van der Waals surface area contributed by atoms with Crippen LogP contribution >= 0.6 is 11.6 Å². The molecule has 0 fully saturated rings. The van der Waals surface area contributed by atoms with Crippen LogP contribution in [0.15, 0.2) is 11.6 Å². The Morgan fingerprint density at radius 3 is 2.43 bits per heavy atom. The first kappa shape index (κ1) is 10.1. The third-order valence-electron chi connectivity index (χ3n) is 0.352. The first-order valence-corrected chi connectivity index (χ1v) is 2.09. The minimum absolute atomic E-state index is 0. The van der Waals surface area contributed by atoms with E-state index in [4.69, 9.17) is 11.6 Å². The Morgan fingerprint density at radius 1 is 1.71 bits per heavy atom. The average Bonchev–Trinajstić information content (AvgIpc) is 1.61. The van der Waals surface area contributed by atoms with Crippen LogP contribution < -0.4 is 0 Å². The van der Waals surface area contributed by atoms with Gasteiger partial charge in [-0.15, -0.1) is 0 Å². The highest BCUT2D eigenvalue weighted by atomic mass is 35.5. The van der Waals surface area contributed by atoms with Crippen LogP contribution in [0.1, 0.15) is 7.43 Å². The fourth-order valence-electron chi connectivity index (χ4n) is 0.133. The van der Waals surface area contributed by atoms with E-state index in [0.717, 1.165) is 0 Å². The Labute approximate surface area is 49.9 Å². The van der Waals surface area contributed by atoms with Crippen molar-refractivity contribution >= 4 is 11.6 Å². The van der Waals surface area contributed by atoms with Crippen LogP contribution in [-0.2, 0) is 4.74 Å². The van der Waals surface area contributed by atoms with E-state index in [1.807, 2.05) is 0 Å². The lowest BCUT2D eigenvalue weighted by atomic mass is 10.7. The zero-order chi connectivity index (χ0) is 4.83. The maximum absolute atomic E-state index is 5.12. The van der Waals surface area contributed by atoms with Gasteiger partial charge in [0.05, 0.1) is 6.61 Å². The van der Waals surface area contributed by atoms with Gasteiger partial charge < -0.3 is 4.74 Å². The Bertz CT molecular complexity index is 43.3. The molecule has 0 rings (SSSR count). The highest BCUT2D eigenvalue weighted by Crippen LogP contribution is 1.76. The maximum atomic E-state index is 5.12. The van der Waals surface area contributed by atoms with E-state index in [2.05, 4.69) is 4.74 Å². The van der Waals surface area contributed by atoms with E-state index in [1.165, 1.54) is 5.54 Å². The lowest BCUT2D eigenvalue weighted by Gasteiger charge is -1.81. The molecule has 0 saturated carbocycles. The van der Waals surface area contributed by atoms with Gasteiger partial charge in [0, 0.05) is 12.6 Å². The largest absolute Gasteiger partial charge is 0.381 e. The number of halogens is 1. The molecule has 0 N–H and O–H groups in total. The van der Waals surface area contributed by atoms with Gasteiger partial charge in [0.25, 0.3) is 0 Å². The molecule has 0 bridgehead atoms. The van der Waals surface area contributed by atoms with Gasteiger partial charge in [-0.2, -0.15) is 0 Å². The third-order valence-corrected chi connectivity index (χ3v) is 0.530. The lowest BCUT2D eigenvalue weighted by molar-refractivity contribution is 0.234. The van der Waals surface area contributed by atoms with Crippen LogP contribution in [0.2, 0.25) is 0 Å². The van der Waals surface area contributed by atoms with Crippen LogP contribution in [0.4, 0.5) is 0 Å². The van der Waals surface area contributed by atoms with Gasteiger partial charge in [0.1, 0.15) is 0 Å². The molecule has 44 valence electrons. The molecule has 0 amide bonds. The van der Waals surface area contributed by atoms with Crippen molar-refractivity contribution in [3.63, 3.8) is 0 Å². The van der Waals surface area contributed by atoms with Crippen LogP contribution in [0, 0.1) is 0 Å². The summed E-state index contributed by atoms with van der Waals surface area (Å²) in [5, 5.41) is 0. The molecule has 0 saturated heterocycles. The fraction of sp³-hybridized carbons (Fsp3) is 0.600. The normalized spacial score (nSPS) is 8.86. The Hall–Kier alpha value is -0.0100. The fourth-order valence-corrected chi connectivity index (χ4v) is 0.205. The van der Waals surface area contributed by atoms with Gasteiger partial charge in [-0.05, 0) is 6.08 Å². The minimum Gasteiger partial charge on any atom is -0.381 e. The SMILES string of the molecule is C.COC/C=C/Cl. The molecular formula is C5H11ClO. The van der Waals surface area contributed by atoms with Gasteiger partial charge in [-0.3, -0.25) is 0 Å². The van der Waals surface area contributed by atoms with E-state index in [0.29, 0.717) is 6.61 Å². The molecule has 0 atom stereocenters. The van der Waals surface area contributed by atoms with Crippen LogP contribution in [0.3, 0.4) is 0 Å². The summed E-state index contributed by atoms with van der Waals surface area (Å²) >= 11 is 5.12. The van der Waals surface area contributed by atoms with E-state index in [1.54, 1.807) is 13.2 Å².